The summed E-state index contributed by atoms with van der Waals surface area (Å²) in [6, 6.07) is 1.79. The standard InChI is InChI=1S/C11H17N3O/c1-3-7-14-9-4-8-13(2)10(5-6-12)11(14)15/h3,10H,1,4-5,7-9H2,2H3. The van der Waals surface area contributed by atoms with Crippen molar-refractivity contribution < 1.29 is 4.79 Å². The van der Waals surface area contributed by atoms with Crippen molar-refractivity contribution in [3.63, 3.8) is 0 Å². The lowest BCUT2D eigenvalue weighted by Crippen LogP contribution is -2.44. The Labute approximate surface area is 90.8 Å². The second-order valence-corrected chi connectivity index (χ2v) is 3.79. The van der Waals surface area contributed by atoms with Crippen LogP contribution >= 0.6 is 0 Å². The summed E-state index contributed by atoms with van der Waals surface area (Å²) in [5.74, 6) is 0.0523. The van der Waals surface area contributed by atoms with E-state index >= 15 is 0 Å². The lowest BCUT2D eigenvalue weighted by molar-refractivity contribution is -0.134. The zero-order chi connectivity index (χ0) is 11.3. The summed E-state index contributed by atoms with van der Waals surface area (Å²) in [6.07, 6.45) is 2.95. The van der Waals surface area contributed by atoms with Crippen LogP contribution in [0.1, 0.15) is 12.8 Å². The van der Waals surface area contributed by atoms with Crippen LogP contribution in [0.4, 0.5) is 0 Å². The Bertz CT molecular complexity index is 282. The normalized spacial score (nSPS) is 23.3. The summed E-state index contributed by atoms with van der Waals surface area (Å²) in [6.45, 7) is 5.84. The molecule has 1 aliphatic rings. The number of likely N-dealkylation sites (N-methyl/N-ethyl adjacent to an activating group) is 1. The van der Waals surface area contributed by atoms with Gasteiger partial charge < -0.3 is 4.90 Å². The van der Waals surface area contributed by atoms with Gasteiger partial charge in [-0.3, -0.25) is 9.69 Å². The Balaban J connectivity index is 2.76. The summed E-state index contributed by atoms with van der Waals surface area (Å²) in [5, 5.41) is 8.69. The van der Waals surface area contributed by atoms with Gasteiger partial charge in [0, 0.05) is 19.6 Å². The summed E-state index contributed by atoms with van der Waals surface area (Å²) >= 11 is 0. The average molecular weight is 207 g/mol. The Morgan fingerprint density at radius 1 is 1.67 bits per heavy atom. The first kappa shape index (κ1) is 11.7. The van der Waals surface area contributed by atoms with Gasteiger partial charge in [-0.2, -0.15) is 5.26 Å². The van der Waals surface area contributed by atoms with Gasteiger partial charge in [-0.25, -0.2) is 0 Å². The second kappa shape index (κ2) is 5.52. The summed E-state index contributed by atoms with van der Waals surface area (Å²) in [7, 11) is 1.90. The minimum absolute atomic E-state index is 0.0523. The molecule has 0 radical (unpaired) electrons. The monoisotopic (exact) mass is 207 g/mol. The maximum absolute atomic E-state index is 12.0. The zero-order valence-corrected chi connectivity index (χ0v) is 9.15. The largest absolute Gasteiger partial charge is 0.338 e. The van der Waals surface area contributed by atoms with E-state index in [1.54, 1.807) is 11.0 Å². The van der Waals surface area contributed by atoms with E-state index in [1.165, 1.54) is 0 Å². The predicted molar refractivity (Wildman–Crippen MR) is 58.0 cm³/mol. The zero-order valence-electron chi connectivity index (χ0n) is 9.15. The number of nitrogens with zero attached hydrogens (tertiary/aromatic N) is 3. The van der Waals surface area contributed by atoms with Crippen LogP contribution in [0.3, 0.4) is 0 Å². The Morgan fingerprint density at radius 2 is 2.40 bits per heavy atom. The molecule has 0 aromatic heterocycles. The van der Waals surface area contributed by atoms with E-state index in [0.717, 1.165) is 19.5 Å². The summed E-state index contributed by atoms with van der Waals surface area (Å²) in [5.41, 5.74) is 0. The predicted octanol–water partition coefficient (Wildman–Crippen LogP) is 0.619. The van der Waals surface area contributed by atoms with E-state index in [-0.39, 0.29) is 18.4 Å². The molecule has 0 aliphatic carbocycles. The number of hydrogen-bond donors (Lipinski definition) is 0. The van der Waals surface area contributed by atoms with Gasteiger partial charge in [0.25, 0.3) is 0 Å². The fraction of sp³-hybridized carbons (Fsp3) is 0.636. The Morgan fingerprint density at radius 3 is 3.00 bits per heavy atom. The molecular formula is C11H17N3O. The van der Waals surface area contributed by atoms with Crippen LogP contribution < -0.4 is 0 Å². The summed E-state index contributed by atoms with van der Waals surface area (Å²) in [4.78, 5) is 15.8. The van der Waals surface area contributed by atoms with Crippen LogP contribution in [0.15, 0.2) is 12.7 Å². The van der Waals surface area contributed by atoms with Gasteiger partial charge >= 0.3 is 0 Å². The molecular weight excluding hydrogens is 190 g/mol. The highest BCUT2D eigenvalue weighted by molar-refractivity contribution is 5.82. The van der Waals surface area contributed by atoms with Crippen molar-refractivity contribution in [2.45, 2.75) is 18.9 Å². The van der Waals surface area contributed by atoms with Crippen LogP contribution in [0, 0.1) is 11.3 Å². The van der Waals surface area contributed by atoms with Crippen molar-refractivity contribution >= 4 is 5.91 Å². The lowest BCUT2D eigenvalue weighted by Gasteiger charge is -2.25. The lowest BCUT2D eigenvalue weighted by atomic mass is 10.2. The molecule has 4 nitrogen and oxygen atoms in total. The molecule has 82 valence electrons. The highest BCUT2D eigenvalue weighted by Gasteiger charge is 2.29. The van der Waals surface area contributed by atoms with Gasteiger partial charge in [-0.1, -0.05) is 6.08 Å². The molecule has 0 aromatic carbocycles. The Kier molecular flexibility index (Phi) is 4.32. The number of carbonyl (C=O) groups is 1. The molecule has 0 spiro atoms. The van der Waals surface area contributed by atoms with Gasteiger partial charge in [0.1, 0.15) is 6.04 Å². The van der Waals surface area contributed by atoms with Crippen LogP contribution in [-0.2, 0) is 4.79 Å². The van der Waals surface area contributed by atoms with E-state index in [4.69, 9.17) is 5.26 Å². The molecule has 1 amide bonds. The van der Waals surface area contributed by atoms with Crippen molar-refractivity contribution in [3.8, 4) is 6.07 Å². The number of carbonyl (C=O) groups excluding carboxylic acids is 1. The molecule has 4 heteroatoms. The van der Waals surface area contributed by atoms with Gasteiger partial charge in [0.15, 0.2) is 0 Å². The van der Waals surface area contributed by atoms with Gasteiger partial charge in [0.05, 0.1) is 12.5 Å². The molecule has 1 heterocycles. The minimum Gasteiger partial charge on any atom is -0.338 e. The minimum atomic E-state index is -0.280. The first-order valence-electron chi connectivity index (χ1n) is 5.17. The summed E-state index contributed by atoms with van der Waals surface area (Å²) < 4.78 is 0. The molecule has 0 bridgehead atoms. The first-order valence-corrected chi connectivity index (χ1v) is 5.17. The van der Waals surface area contributed by atoms with Crippen LogP contribution in [0.5, 0.6) is 0 Å². The van der Waals surface area contributed by atoms with Crippen molar-refractivity contribution in [3.05, 3.63) is 12.7 Å². The molecule has 1 aliphatic heterocycles. The molecule has 1 rings (SSSR count). The van der Waals surface area contributed by atoms with Crippen LogP contribution in [0.2, 0.25) is 0 Å². The van der Waals surface area contributed by atoms with Crippen molar-refractivity contribution in [2.75, 3.05) is 26.7 Å². The molecule has 1 saturated heterocycles. The maximum Gasteiger partial charge on any atom is 0.241 e. The first-order chi connectivity index (χ1) is 7.20. The number of nitriles is 1. The fourth-order valence-electron chi connectivity index (χ4n) is 1.84. The van der Waals surface area contributed by atoms with Crippen molar-refractivity contribution in [2.24, 2.45) is 0 Å². The molecule has 0 aromatic rings. The molecule has 0 N–H and O–H groups in total. The molecule has 0 saturated carbocycles. The smallest absolute Gasteiger partial charge is 0.241 e. The Hall–Kier alpha value is -1.34. The molecule has 1 unspecified atom stereocenters. The van der Waals surface area contributed by atoms with Gasteiger partial charge in [0.2, 0.25) is 5.91 Å². The third-order valence-corrected chi connectivity index (χ3v) is 2.70. The molecule has 15 heavy (non-hydrogen) atoms. The van der Waals surface area contributed by atoms with E-state index in [1.807, 2.05) is 11.9 Å². The molecule has 1 fully saturated rings. The topological polar surface area (TPSA) is 47.3 Å². The highest BCUT2D eigenvalue weighted by atomic mass is 16.2. The number of hydrogen-bond acceptors (Lipinski definition) is 3. The number of rotatable bonds is 3. The van der Waals surface area contributed by atoms with Crippen LogP contribution in [0.25, 0.3) is 0 Å². The van der Waals surface area contributed by atoms with E-state index in [0.29, 0.717) is 6.54 Å². The van der Waals surface area contributed by atoms with E-state index in [9.17, 15) is 4.79 Å². The SMILES string of the molecule is C=CCN1CCCN(C)C(CC#N)C1=O. The fourth-order valence-corrected chi connectivity index (χ4v) is 1.84. The third kappa shape index (κ3) is 2.80. The molecule has 1 atom stereocenters. The van der Waals surface area contributed by atoms with E-state index in [2.05, 4.69) is 12.6 Å². The quantitative estimate of drug-likeness (QED) is 0.637. The van der Waals surface area contributed by atoms with Crippen LogP contribution in [-0.4, -0.2) is 48.4 Å². The van der Waals surface area contributed by atoms with Crippen molar-refractivity contribution in [1.82, 2.24) is 9.80 Å². The van der Waals surface area contributed by atoms with Gasteiger partial charge in [-0.15, -0.1) is 6.58 Å². The third-order valence-electron chi connectivity index (χ3n) is 2.70. The number of amides is 1. The second-order valence-electron chi connectivity index (χ2n) is 3.79. The average Bonchev–Trinajstić information content (AvgIpc) is 2.34. The maximum atomic E-state index is 12.0. The van der Waals surface area contributed by atoms with Gasteiger partial charge in [-0.05, 0) is 13.5 Å². The van der Waals surface area contributed by atoms with Crippen molar-refractivity contribution in [1.29, 1.82) is 5.26 Å². The highest BCUT2D eigenvalue weighted by Crippen LogP contribution is 2.12. The van der Waals surface area contributed by atoms with E-state index < -0.39 is 0 Å².